The molecule has 0 heterocycles. The van der Waals surface area contributed by atoms with Crippen LogP contribution in [0.5, 0.6) is 0 Å². The predicted octanol–water partition coefficient (Wildman–Crippen LogP) is 3.30. The van der Waals surface area contributed by atoms with Crippen molar-refractivity contribution in [2.75, 3.05) is 0 Å². The minimum Gasteiger partial charge on any atom is -0.444 e. The number of amides is 1. The Morgan fingerprint density at radius 2 is 1.60 bits per heavy atom. The molecule has 0 saturated heterocycles. The van der Waals surface area contributed by atoms with Gasteiger partial charge in [-0.1, -0.05) is 20.8 Å². The van der Waals surface area contributed by atoms with Gasteiger partial charge in [-0.05, 0) is 39.5 Å². The molecule has 0 aromatic rings. The quantitative estimate of drug-likeness (QED) is 0.836. The molecule has 0 spiro atoms. The van der Waals surface area contributed by atoms with Gasteiger partial charge in [-0.15, -0.1) is 0 Å². The van der Waals surface area contributed by atoms with E-state index in [1.165, 1.54) is 6.92 Å². The summed E-state index contributed by atoms with van der Waals surface area (Å²) in [7, 11) is 0. The van der Waals surface area contributed by atoms with E-state index in [9.17, 15) is 13.6 Å². The van der Waals surface area contributed by atoms with E-state index < -0.39 is 35.1 Å². The van der Waals surface area contributed by atoms with Crippen LogP contribution >= 0.6 is 0 Å². The molecule has 0 fully saturated rings. The van der Waals surface area contributed by atoms with Gasteiger partial charge in [0.25, 0.3) is 6.43 Å². The van der Waals surface area contributed by atoms with Crippen LogP contribution in [0.3, 0.4) is 0 Å². The molecule has 3 N–H and O–H groups in total. The van der Waals surface area contributed by atoms with E-state index in [1.807, 2.05) is 20.8 Å². The zero-order valence-electron chi connectivity index (χ0n) is 13.5. The summed E-state index contributed by atoms with van der Waals surface area (Å²) in [6, 6.07) is -0.513. The molecule has 1 amide bonds. The zero-order valence-corrected chi connectivity index (χ0v) is 13.5. The fourth-order valence-electron chi connectivity index (χ4n) is 1.55. The van der Waals surface area contributed by atoms with Gasteiger partial charge in [-0.2, -0.15) is 0 Å². The Labute approximate surface area is 120 Å². The first kappa shape index (κ1) is 19.1. The number of carbonyl (C=O) groups is 1. The van der Waals surface area contributed by atoms with Crippen LogP contribution in [-0.4, -0.2) is 29.7 Å². The van der Waals surface area contributed by atoms with Crippen LogP contribution in [-0.2, 0) is 4.74 Å². The molecular formula is C14H28F2N2O2. The van der Waals surface area contributed by atoms with Crippen LogP contribution in [0.2, 0.25) is 0 Å². The third-order valence-corrected chi connectivity index (χ3v) is 2.88. The molecular weight excluding hydrogens is 266 g/mol. The molecule has 20 heavy (non-hydrogen) atoms. The Balaban J connectivity index is 4.90. The molecule has 0 aliphatic carbocycles. The summed E-state index contributed by atoms with van der Waals surface area (Å²) in [5, 5.41) is 2.65. The van der Waals surface area contributed by atoms with Gasteiger partial charge in [0, 0.05) is 6.04 Å². The topological polar surface area (TPSA) is 64.3 Å². The van der Waals surface area contributed by atoms with E-state index in [0.717, 1.165) is 0 Å². The molecule has 0 saturated carbocycles. The molecule has 4 nitrogen and oxygen atoms in total. The Kier molecular flexibility index (Phi) is 5.96. The number of halogens is 2. The predicted molar refractivity (Wildman–Crippen MR) is 75.8 cm³/mol. The number of nitrogens with two attached hydrogens (primary N) is 1. The molecule has 0 radical (unpaired) electrons. The van der Waals surface area contributed by atoms with Gasteiger partial charge in [0.2, 0.25) is 0 Å². The third kappa shape index (κ3) is 7.03. The number of rotatable bonds is 4. The fourth-order valence-corrected chi connectivity index (χ4v) is 1.55. The van der Waals surface area contributed by atoms with Crippen molar-refractivity contribution in [3.05, 3.63) is 0 Å². The Hall–Kier alpha value is -0.910. The maximum Gasteiger partial charge on any atom is 0.407 e. The second-order valence-electron chi connectivity index (χ2n) is 7.58. The van der Waals surface area contributed by atoms with E-state index in [1.54, 1.807) is 20.8 Å². The van der Waals surface area contributed by atoms with E-state index >= 15 is 0 Å². The Morgan fingerprint density at radius 3 is 1.90 bits per heavy atom. The normalized spacial score (nSPS) is 17.6. The molecule has 0 aromatic carbocycles. The van der Waals surface area contributed by atoms with Crippen LogP contribution in [0.25, 0.3) is 0 Å². The molecule has 0 aliphatic heterocycles. The van der Waals surface area contributed by atoms with Gasteiger partial charge >= 0.3 is 6.09 Å². The van der Waals surface area contributed by atoms with Crippen molar-refractivity contribution in [2.45, 2.75) is 78.5 Å². The number of hydrogen-bond acceptors (Lipinski definition) is 3. The molecule has 0 rings (SSSR count). The average Bonchev–Trinajstić information content (AvgIpc) is 2.10. The number of carbonyl (C=O) groups excluding carboxylic acids is 1. The highest BCUT2D eigenvalue weighted by atomic mass is 19.3. The molecule has 2 unspecified atom stereocenters. The largest absolute Gasteiger partial charge is 0.444 e. The third-order valence-electron chi connectivity index (χ3n) is 2.88. The standard InChI is InChI=1S/C14H28F2N2O2/c1-12(2,3)9(8-14(7,17)10(15)16)18-11(19)20-13(4,5)6/h9-10H,8,17H2,1-7H3,(H,18,19). The highest BCUT2D eigenvalue weighted by Crippen LogP contribution is 2.28. The number of alkyl carbamates (subject to hydrolysis) is 1. The summed E-state index contributed by atoms with van der Waals surface area (Å²) in [5.74, 6) is 0. The first-order chi connectivity index (χ1) is 8.65. The van der Waals surface area contributed by atoms with Gasteiger partial charge in [0.05, 0.1) is 5.54 Å². The average molecular weight is 294 g/mol. The van der Waals surface area contributed by atoms with Crippen molar-refractivity contribution < 1.29 is 18.3 Å². The molecule has 120 valence electrons. The summed E-state index contributed by atoms with van der Waals surface area (Å²) in [4.78, 5) is 11.8. The number of ether oxygens (including phenoxy) is 1. The van der Waals surface area contributed by atoms with Gasteiger partial charge in [0.1, 0.15) is 5.60 Å². The highest BCUT2D eigenvalue weighted by molar-refractivity contribution is 5.68. The lowest BCUT2D eigenvalue weighted by atomic mass is 9.79. The first-order valence-corrected chi connectivity index (χ1v) is 6.72. The minimum absolute atomic E-state index is 0.0343. The second kappa shape index (κ2) is 6.24. The van der Waals surface area contributed by atoms with Crippen molar-refractivity contribution in [1.29, 1.82) is 0 Å². The van der Waals surface area contributed by atoms with Crippen molar-refractivity contribution in [3.8, 4) is 0 Å². The minimum atomic E-state index is -2.66. The summed E-state index contributed by atoms with van der Waals surface area (Å²) >= 11 is 0. The van der Waals surface area contributed by atoms with Crippen molar-refractivity contribution >= 4 is 6.09 Å². The summed E-state index contributed by atoms with van der Waals surface area (Å²) < 4.78 is 31.0. The van der Waals surface area contributed by atoms with E-state index in [0.29, 0.717) is 0 Å². The number of alkyl halides is 2. The van der Waals surface area contributed by atoms with Crippen LogP contribution < -0.4 is 11.1 Å². The van der Waals surface area contributed by atoms with Crippen LogP contribution in [0, 0.1) is 5.41 Å². The van der Waals surface area contributed by atoms with Crippen molar-refractivity contribution in [1.82, 2.24) is 5.32 Å². The van der Waals surface area contributed by atoms with E-state index in [2.05, 4.69) is 5.32 Å². The molecule has 2 atom stereocenters. The molecule has 0 aromatic heterocycles. The lowest BCUT2D eigenvalue weighted by Crippen LogP contribution is -2.54. The summed E-state index contributed by atoms with van der Waals surface area (Å²) in [5.41, 5.74) is 2.91. The van der Waals surface area contributed by atoms with E-state index in [-0.39, 0.29) is 6.42 Å². The summed E-state index contributed by atoms with van der Waals surface area (Å²) in [6.07, 6.45) is -3.32. The van der Waals surface area contributed by atoms with Crippen LogP contribution in [0.1, 0.15) is 54.9 Å². The smallest absolute Gasteiger partial charge is 0.407 e. The maximum absolute atomic E-state index is 12.9. The monoisotopic (exact) mass is 294 g/mol. The zero-order chi connectivity index (χ0) is 16.4. The second-order valence-corrected chi connectivity index (χ2v) is 7.58. The highest BCUT2D eigenvalue weighted by Gasteiger charge is 2.38. The lowest BCUT2D eigenvalue weighted by Gasteiger charge is -2.37. The lowest BCUT2D eigenvalue weighted by molar-refractivity contribution is 0.0288. The number of nitrogens with one attached hydrogen (secondary N) is 1. The molecule has 0 bridgehead atoms. The summed E-state index contributed by atoms with van der Waals surface area (Å²) in [6.45, 7) is 12.1. The van der Waals surface area contributed by atoms with Gasteiger partial charge in [-0.25, -0.2) is 13.6 Å². The maximum atomic E-state index is 12.9. The van der Waals surface area contributed by atoms with Gasteiger partial charge < -0.3 is 15.8 Å². The van der Waals surface area contributed by atoms with Gasteiger partial charge in [-0.3, -0.25) is 0 Å². The first-order valence-electron chi connectivity index (χ1n) is 6.72. The van der Waals surface area contributed by atoms with Crippen LogP contribution in [0.15, 0.2) is 0 Å². The van der Waals surface area contributed by atoms with Crippen molar-refractivity contribution in [2.24, 2.45) is 11.1 Å². The van der Waals surface area contributed by atoms with E-state index in [4.69, 9.17) is 10.5 Å². The SMILES string of the molecule is CC(C)(C)OC(=O)NC(CC(C)(N)C(F)F)C(C)(C)C. The Morgan fingerprint density at radius 1 is 1.15 bits per heavy atom. The molecule has 0 aliphatic rings. The van der Waals surface area contributed by atoms with Crippen LogP contribution in [0.4, 0.5) is 13.6 Å². The van der Waals surface area contributed by atoms with Crippen molar-refractivity contribution in [3.63, 3.8) is 0 Å². The van der Waals surface area contributed by atoms with Gasteiger partial charge in [0.15, 0.2) is 0 Å². The molecule has 6 heteroatoms. The fraction of sp³-hybridized carbons (Fsp3) is 0.929. The number of hydrogen-bond donors (Lipinski definition) is 2. The Bertz CT molecular complexity index is 331.